The highest BCUT2D eigenvalue weighted by Crippen LogP contribution is 2.33. The van der Waals surface area contributed by atoms with Gasteiger partial charge in [-0.2, -0.15) is 5.10 Å². The molecule has 2 heterocycles. The molecule has 0 aliphatic heterocycles. The number of hydrogen-bond acceptors (Lipinski definition) is 3. The van der Waals surface area contributed by atoms with Crippen molar-refractivity contribution in [2.45, 2.75) is 39.7 Å². The van der Waals surface area contributed by atoms with Crippen LogP contribution in [0.15, 0.2) is 48.8 Å². The molecule has 1 amide bonds. The number of nitrogens with zero attached hydrogens (tertiary/aromatic N) is 3. The maximum atomic E-state index is 13.3. The minimum absolute atomic E-state index is 0.0892. The third-order valence-electron chi connectivity index (χ3n) is 4.55. The van der Waals surface area contributed by atoms with Crippen molar-refractivity contribution >= 4 is 11.7 Å². The summed E-state index contributed by atoms with van der Waals surface area (Å²) in [4.78, 5) is 15.9. The Morgan fingerprint density at radius 3 is 2.59 bits per heavy atom. The topological polar surface area (TPSA) is 59.8 Å². The molecular formula is C21H23FN4O. The van der Waals surface area contributed by atoms with E-state index in [0.29, 0.717) is 12.2 Å². The number of carbonyl (C=O) groups is 1. The molecule has 2 aromatic heterocycles. The lowest BCUT2D eigenvalue weighted by molar-refractivity contribution is -0.115. The molecule has 27 heavy (non-hydrogen) atoms. The molecule has 1 atom stereocenters. The Labute approximate surface area is 158 Å². The van der Waals surface area contributed by atoms with Gasteiger partial charge in [0.05, 0.1) is 0 Å². The first-order valence-electron chi connectivity index (χ1n) is 9.13. The number of benzene rings is 1. The van der Waals surface area contributed by atoms with Crippen LogP contribution in [-0.4, -0.2) is 20.7 Å². The minimum atomic E-state index is -0.282. The van der Waals surface area contributed by atoms with Crippen LogP contribution < -0.4 is 5.32 Å². The number of amides is 1. The van der Waals surface area contributed by atoms with E-state index in [1.165, 1.54) is 12.1 Å². The number of rotatable bonds is 6. The zero-order chi connectivity index (χ0) is 19.4. The summed E-state index contributed by atoms with van der Waals surface area (Å²) in [7, 11) is 0. The molecule has 3 rings (SSSR count). The highest BCUT2D eigenvalue weighted by molar-refractivity contribution is 5.90. The number of anilines is 1. The Morgan fingerprint density at radius 1 is 1.19 bits per heavy atom. The maximum Gasteiger partial charge on any atom is 0.225 e. The molecule has 0 spiro atoms. The lowest BCUT2D eigenvalue weighted by Gasteiger charge is -2.08. The molecule has 0 radical (unpaired) electrons. The fraction of sp³-hybridized carbons (Fsp3) is 0.286. The summed E-state index contributed by atoms with van der Waals surface area (Å²) < 4.78 is 15.3. The molecule has 0 saturated heterocycles. The molecule has 5 nitrogen and oxygen atoms in total. The van der Waals surface area contributed by atoms with Gasteiger partial charge in [-0.05, 0) is 55.3 Å². The zero-order valence-corrected chi connectivity index (χ0v) is 15.7. The summed E-state index contributed by atoms with van der Waals surface area (Å²) in [5.41, 5.74) is 3.42. The Morgan fingerprint density at radius 2 is 1.93 bits per heavy atom. The molecule has 0 bridgehead atoms. The van der Waals surface area contributed by atoms with E-state index in [9.17, 15) is 9.18 Å². The van der Waals surface area contributed by atoms with Gasteiger partial charge in [0.1, 0.15) is 17.3 Å². The van der Waals surface area contributed by atoms with Crippen LogP contribution in [0.5, 0.6) is 0 Å². The van der Waals surface area contributed by atoms with E-state index in [0.717, 1.165) is 28.8 Å². The van der Waals surface area contributed by atoms with Gasteiger partial charge in [-0.15, -0.1) is 0 Å². The van der Waals surface area contributed by atoms with E-state index in [4.69, 9.17) is 5.10 Å². The van der Waals surface area contributed by atoms with Crippen molar-refractivity contribution < 1.29 is 9.18 Å². The summed E-state index contributed by atoms with van der Waals surface area (Å²) in [5, 5.41) is 7.53. The molecule has 6 heteroatoms. The smallest absolute Gasteiger partial charge is 0.225 e. The monoisotopic (exact) mass is 366 g/mol. The van der Waals surface area contributed by atoms with Crippen molar-refractivity contribution in [3.8, 4) is 22.4 Å². The molecule has 1 unspecified atom stereocenters. The van der Waals surface area contributed by atoms with Crippen molar-refractivity contribution in [3.05, 3.63) is 54.6 Å². The van der Waals surface area contributed by atoms with E-state index >= 15 is 0 Å². The fourth-order valence-electron chi connectivity index (χ4n) is 2.73. The second kappa shape index (κ2) is 8.12. The quantitative estimate of drug-likeness (QED) is 0.662. The molecule has 0 fully saturated rings. The molecule has 0 aliphatic rings. The normalized spacial score (nSPS) is 12.0. The number of aromatic nitrogens is 3. The summed E-state index contributed by atoms with van der Waals surface area (Å²) in [5.74, 6) is 0.129. The molecular weight excluding hydrogens is 343 g/mol. The van der Waals surface area contributed by atoms with Crippen LogP contribution in [0.1, 0.15) is 39.7 Å². The van der Waals surface area contributed by atoms with Crippen LogP contribution in [0.2, 0.25) is 0 Å². The predicted octanol–water partition coefficient (Wildman–Crippen LogP) is 5.07. The Kier molecular flexibility index (Phi) is 5.64. The maximum absolute atomic E-state index is 13.3. The van der Waals surface area contributed by atoms with Crippen molar-refractivity contribution in [1.82, 2.24) is 14.8 Å². The molecule has 1 N–H and O–H groups in total. The average molecular weight is 366 g/mol. The SMILES string of the molecule is CCC(=O)Nc1cc(-c2cn(C(C)CC)nc2-c2ccc(F)cc2)ccn1. The molecule has 1 aromatic carbocycles. The van der Waals surface area contributed by atoms with Gasteiger partial charge < -0.3 is 5.32 Å². The number of carbonyl (C=O) groups excluding carboxylic acids is 1. The summed E-state index contributed by atoms with van der Waals surface area (Å²) >= 11 is 0. The molecule has 0 saturated carbocycles. The third kappa shape index (κ3) is 4.22. The number of hydrogen-bond donors (Lipinski definition) is 1. The first-order valence-corrected chi connectivity index (χ1v) is 9.13. The van der Waals surface area contributed by atoms with Gasteiger partial charge in [-0.1, -0.05) is 13.8 Å². The van der Waals surface area contributed by atoms with Crippen molar-refractivity contribution in [2.24, 2.45) is 0 Å². The molecule has 0 aliphatic carbocycles. The van der Waals surface area contributed by atoms with Gasteiger partial charge in [0.2, 0.25) is 5.91 Å². The summed E-state index contributed by atoms with van der Waals surface area (Å²) in [6.45, 7) is 6.00. The second-order valence-electron chi connectivity index (χ2n) is 6.47. The van der Waals surface area contributed by atoms with E-state index in [1.807, 2.05) is 23.0 Å². The highest BCUT2D eigenvalue weighted by atomic mass is 19.1. The molecule has 3 aromatic rings. The largest absolute Gasteiger partial charge is 0.311 e. The van der Waals surface area contributed by atoms with Gasteiger partial charge in [-0.25, -0.2) is 9.37 Å². The van der Waals surface area contributed by atoms with Gasteiger partial charge >= 0.3 is 0 Å². The van der Waals surface area contributed by atoms with E-state index in [1.54, 1.807) is 25.3 Å². The summed E-state index contributed by atoms with van der Waals surface area (Å²) in [6, 6.07) is 10.3. The van der Waals surface area contributed by atoms with E-state index in [-0.39, 0.29) is 17.8 Å². The van der Waals surface area contributed by atoms with E-state index in [2.05, 4.69) is 24.1 Å². The van der Waals surface area contributed by atoms with Crippen LogP contribution in [0, 0.1) is 5.82 Å². The van der Waals surface area contributed by atoms with Crippen LogP contribution in [-0.2, 0) is 4.79 Å². The van der Waals surface area contributed by atoms with E-state index < -0.39 is 0 Å². The van der Waals surface area contributed by atoms with Gasteiger partial charge in [0.15, 0.2) is 0 Å². The number of halogens is 1. The zero-order valence-electron chi connectivity index (χ0n) is 15.7. The first-order chi connectivity index (χ1) is 13.0. The first kappa shape index (κ1) is 18.8. The lowest BCUT2D eigenvalue weighted by atomic mass is 10.0. The molecule has 140 valence electrons. The number of pyridine rings is 1. The lowest BCUT2D eigenvalue weighted by Crippen LogP contribution is -2.10. The van der Waals surface area contributed by atoms with Gasteiger partial charge in [0, 0.05) is 36.0 Å². The van der Waals surface area contributed by atoms with Crippen LogP contribution in [0.25, 0.3) is 22.4 Å². The fourth-order valence-corrected chi connectivity index (χ4v) is 2.73. The van der Waals surface area contributed by atoms with Crippen LogP contribution >= 0.6 is 0 Å². The number of nitrogens with one attached hydrogen (secondary N) is 1. The van der Waals surface area contributed by atoms with Crippen LogP contribution in [0.4, 0.5) is 10.2 Å². The minimum Gasteiger partial charge on any atom is -0.311 e. The summed E-state index contributed by atoms with van der Waals surface area (Å²) in [6.07, 6.45) is 4.99. The van der Waals surface area contributed by atoms with Crippen molar-refractivity contribution in [3.63, 3.8) is 0 Å². The van der Waals surface area contributed by atoms with Crippen molar-refractivity contribution in [2.75, 3.05) is 5.32 Å². The Bertz CT molecular complexity index is 934. The average Bonchev–Trinajstić information content (AvgIpc) is 3.13. The predicted molar refractivity (Wildman–Crippen MR) is 105 cm³/mol. The Hall–Kier alpha value is -3.02. The highest BCUT2D eigenvalue weighted by Gasteiger charge is 2.16. The van der Waals surface area contributed by atoms with Crippen molar-refractivity contribution in [1.29, 1.82) is 0 Å². The standard InChI is InChI=1S/C21H23FN4O/c1-4-14(3)26-13-18(21(25-26)15-6-8-17(22)9-7-15)16-10-11-23-19(12-16)24-20(27)5-2/h6-14H,4-5H2,1-3H3,(H,23,24,27). The third-order valence-corrected chi connectivity index (χ3v) is 4.55. The van der Waals surface area contributed by atoms with Gasteiger partial charge in [0.25, 0.3) is 0 Å². The van der Waals surface area contributed by atoms with Crippen LogP contribution in [0.3, 0.4) is 0 Å². The van der Waals surface area contributed by atoms with Gasteiger partial charge in [-0.3, -0.25) is 9.48 Å². The Balaban J connectivity index is 2.08. The second-order valence-corrected chi connectivity index (χ2v) is 6.47.